The van der Waals surface area contributed by atoms with Gasteiger partial charge >= 0.3 is 0 Å². The van der Waals surface area contributed by atoms with Crippen molar-refractivity contribution in [2.75, 3.05) is 0 Å². The number of benzene rings is 4. The summed E-state index contributed by atoms with van der Waals surface area (Å²) in [5, 5.41) is 0. The lowest BCUT2D eigenvalue weighted by Gasteiger charge is -2.13. The van der Waals surface area contributed by atoms with Crippen LogP contribution >= 0.6 is 63.7 Å². The molecule has 9 rings (SSSR count). The second-order valence-electron chi connectivity index (χ2n) is 12.3. The van der Waals surface area contributed by atoms with Crippen LogP contribution in [-0.2, 0) is 0 Å². The molecule has 248 valence electrons. The maximum absolute atomic E-state index is 5.43. The first-order valence-electron chi connectivity index (χ1n) is 16.5. The van der Waals surface area contributed by atoms with Crippen LogP contribution in [0.1, 0.15) is 22.3 Å². The van der Waals surface area contributed by atoms with E-state index in [-0.39, 0.29) is 0 Å². The first-order valence-corrected chi connectivity index (χ1v) is 19.7. The SMILES string of the molecule is BrC1=C(Br)C2=C(c3ccccc3)C3=NC(=C(c4ccccc4)C4=NC(=C(c5ccccc5)C5=NC(=C(c6ccccc6)C1=N2)C=C5)C(Br)=C4Br)C=C3. The lowest BCUT2D eigenvalue weighted by Crippen LogP contribution is -2.05. The van der Waals surface area contributed by atoms with Crippen molar-refractivity contribution in [3.63, 3.8) is 0 Å². The summed E-state index contributed by atoms with van der Waals surface area (Å²) in [6.07, 6.45) is 8.31. The van der Waals surface area contributed by atoms with E-state index in [2.05, 4.69) is 137 Å². The predicted octanol–water partition coefficient (Wildman–Crippen LogP) is 12.6. The summed E-state index contributed by atoms with van der Waals surface area (Å²) < 4.78 is 3.36. The van der Waals surface area contributed by atoms with Crippen molar-refractivity contribution in [2.24, 2.45) is 20.0 Å². The van der Waals surface area contributed by atoms with E-state index in [4.69, 9.17) is 20.0 Å². The summed E-state index contributed by atoms with van der Waals surface area (Å²) in [7, 11) is 0. The topological polar surface area (TPSA) is 49.4 Å². The highest BCUT2D eigenvalue weighted by molar-refractivity contribution is 9.15. The lowest BCUT2D eigenvalue weighted by molar-refractivity contribution is 1.40. The summed E-state index contributed by atoms with van der Waals surface area (Å²) >= 11 is 15.9. The van der Waals surface area contributed by atoms with Gasteiger partial charge in [0.15, 0.2) is 0 Å². The molecule has 0 radical (unpaired) electrons. The molecule has 0 amide bonds. The van der Waals surface area contributed by atoms with Gasteiger partial charge in [-0.3, -0.25) is 0 Å². The number of hydrogen-bond donors (Lipinski definition) is 0. The highest BCUT2D eigenvalue weighted by Crippen LogP contribution is 2.47. The van der Waals surface area contributed by atoms with Gasteiger partial charge in [-0.1, -0.05) is 121 Å². The molecule has 0 saturated carbocycles. The van der Waals surface area contributed by atoms with E-state index >= 15 is 0 Å². The Labute approximate surface area is 334 Å². The average Bonchev–Trinajstić information content (AvgIpc) is 3.98. The van der Waals surface area contributed by atoms with Crippen LogP contribution in [-0.4, -0.2) is 22.8 Å². The Morgan fingerprint density at radius 3 is 0.942 bits per heavy atom. The highest BCUT2D eigenvalue weighted by Gasteiger charge is 2.34. The number of aliphatic imine (C=N–C) groups is 4. The highest BCUT2D eigenvalue weighted by atomic mass is 79.9. The van der Waals surface area contributed by atoms with E-state index in [1.54, 1.807) is 0 Å². The zero-order valence-corrected chi connectivity index (χ0v) is 33.5. The molecule has 5 aliphatic heterocycles. The Hall–Kier alpha value is -4.60. The Morgan fingerprint density at radius 2 is 0.615 bits per heavy atom. The van der Waals surface area contributed by atoms with Crippen molar-refractivity contribution in [1.82, 2.24) is 0 Å². The minimum Gasteiger partial charge on any atom is -0.248 e. The van der Waals surface area contributed by atoms with E-state index in [9.17, 15) is 0 Å². The van der Waals surface area contributed by atoms with Gasteiger partial charge < -0.3 is 0 Å². The monoisotopic (exact) mass is 924 g/mol. The third-order valence-electron chi connectivity index (χ3n) is 9.17. The average molecular weight is 928 g/mol. The van der Waals surface area contributed by atoms with Gasteiger partial charge in [-0.25, -0.2) is 20.0 Å². The van der Waals surface area contributed by atoms with Gasteiger partial charge in [0.2, 0.25) is 0 Å². The van der Waals surface area contributed by atoms with Crippen molar-refractivity contribution in [3.8, 4) is 0 Å². The van der Waals surface area contributed by atoms with Gasteiger partial charge in [-0.2, -0.15) is 0 Å². The largest absolute Gasteiger partial charge is 0.248 e. The van der Waals surface area contributed by atoms with Gasteiger partial charge in [-0.15, -0.1) is 0 Å². The van der Waals surface area contributed by atoms with Crippen LogP contribution in [0, 0.1) is 0 Å². The molecule has 0 atom stereocenters. The molecule has 0 N–H and O–H groups in total. The van der Waals surface area contributed by atoms with Crippen LogP contribution < -0.4 is 0 Å². The first kappa shape index (κ1) is 33.3. The van der Waals surface area contributed by atoms with Crippen molar-refractivity contribution in [3.05, 3.63) is 209 Å². The zero-order valence-electron chi connectivity index (χ0n) is 27.2. The second-order valence-corrected chi connectivity index (χ2v) is 15.4. The Morgan fingerprint density at radius 1 is 0.308 bits per heavy atom. The first-order chi connectivity index (χ1) is 25.5. The van der Waals surface area contributed by atoms with Crippen LogP contribution in [0.25, 0.3) is 22.3 Å². The third kappa shape index (κ3) is 5.69. The minimum atomic E-state index is 0.778. The Balaban J connectivity index is 1.44. The molecule has 0 saturated heterocycles. The molecule has 0 unspecified atom stereocenters. The summed E-state index contributed by atoms with van der Waals surface area (Å²) in [6.45, 7) is 0. The van der Waals surface area contributed by atoms with Gasteiger partial charge in [0.05, 0.1) is 63.6 Å². The van der Waals surface area contributed by atoms with E-state index in [1.807, 2.05) is 72.8 Å². The molecular formula is C44H24Br4N4. The number of fused-ring (bicyclic) bond motifs is 4. The van der Waals surface area contributed by atoms with Crippen molar-refractivity contribution in [1.29, 1.82) is 0 Å². The van der Waals surface area contributed by atoms with Crippen molar-refractivity contribution < 1.29 is 0 Å². The molecular weight excluding hydrogens is 904 g/mol. The smallest absolute Gasteiger partial charge is 0.0892 e. The van der Waals surface area contributed by atoms with Crippen LogP contribution in [0.3, 0.4) is 0 Å². The molecule has 0 aliphatic carbocycles. The van der Waals surface area contributed by atoms with Gasteiger partial charge in [0.25, 0.3) is 0 Å². The van der Waals surface area contributed by atoms with Gasteiger partial charge in [-0.05, 0) is 110 Å². The van der Waals surface area contributed by atoms with Gasteiger partial charge in [0, 0.05) is 22.3 Å². The maximum atomic E-state index is 5.43. The van der Waals surface area contributed by atoms with E-state index in [1.165, 1.54) is 0 Å². The summed E-state index contributed by atoms with van der Waals surface area (Å²) in [4.78, 5) is 21.6. The Kier molecular flexibility index (Phi) is 8.79. The molecule has 8 heteroatoms. The minimum absolute atomic E-state index is 0.778. The fourth-order valence-corrected chi connectivity index (χ4v) is 8.72. The predicted molar refractivity (Wildman–Crippen MR) is 231 cm³/mol. The number of halogens is 4. The number of hydrogen-bond acceptors (Lipinski definition) is 4. The fourth-order valence-electron chi connectivity index (χ4n) is 6.82. The molecule has 52 heavy (non-hydrogen) atoms. The molecule has 8 bridgehead atoms. The van der Waals surface area contributed by atoms with Crippen LogP contribution in [0.4, 0.5) is 0 Å². The molecule has 4 aromatic carbocycles. The third-order valence-corrected chi connectivity index (χ3v) is 13.3. The quantitative estimate of drug-likeness (QED) is 0.196. The molecule has 0 fully saturated rings. The Bertz CT molecular complexity index is 2410. The normalized spacial score (nSPS) is 18.2. The molecule has 5 heterocycles. The summed E-state index contributed by atoms with van der Waals surface area (Å²) in [6, 6.07) is 41.3. The zero-order chi connectivity index (χ0) is 35.3. The molecule has 4 aromatic rings. The number of rotatable bonds is 4. The molecule has 0 aromatic heterocycles. The van der Waals surface area contributed by atoms with Crippen molar-refractivity contribution in [2.45, 2.75) is 0 Å². The van der Waals surface area contributed by atoms with Crippen LogP contribution in [0.15, 0.2) is 206 Å². The number of nitrogens with zero attached hydrogens (tertiary/aromatic N) is 4. The van der Waals surface area contributed by atoms with Gasteiger partial charge in [0.1, 0.15) is 0 Å². The van der Waals surface area contributed by atoms with Crippen molar-refractivity contribution >= 4 is 109 Å². The van der Waals surface area contributed by atoms with Crippen LogP contribution in [0.5, 0.6) is 0 Å². The lowest BCUT2D eigenvalue weighted by atomic mass is 9.98. The summed E-state index contributed by atoms with van der Waals surface area (Å²) in [5.41, 5.74) is 13.9. The standard InChI is InChI=1S/C44H24Br4N4/c45-37-38(46)42-35(27-17-9-3-10-18-27)31-23-24-32(50-31)36(28-19-11-4-12-20-28)44-40(48)39(47)43(52-44)34(26-15-7-2-8-16-26)30-22-21-29(49-30)33(41(37)51-42)25-13-5-1-6-14-25/h1-24H. The maximum Gasteiger partial charge on any atom is 0.0892 e. The van der Waals surface area contributed by atoms with Crippen LogP contribution in [0.2, 0.25) is 0 Å². The molecule has 4 nitrogen and oxygen atoms in total. The second kappa shape index (κ2) is 13.7. The van der Waals surface area contributed by atoms with E-state index < -0.39 is 0 Å². The molecule has 0 spiro atoms. The number of allylic oxidation sites excluding steroid dienone is 12. The fraction of sp³-hybridized carbons (Fsp3) is 0. The summed E-state index contributed by atoms with van der Waals surface area (Å²) in [5.74, 6) is 0. The van der Waals surface area contributed by atoms with E-state index in [0.717, 1.165) is 108 Å². The van der Waals surface area contributed by atoms with E-state index in [0.29, 0.717) is 0 Å². The molecule has 5 aliphatic rings.